The van der Waals surface area contributed by atoms with Crippen LogP contribution in [0.5, 0.6) is 0 Å². The number of nitrogens with one attached hydrogen (secondary N) is 1. The van der Waals surface area contributed by atoms with Crippen LogP contribution in [0.2, 0.25) is 0 Å². The fourth-order valence-corrected chi connectivity index (χ4v) is 4.96. The molecular formula is C28H26F2N4O2. The number of morpholine rings is 1. The normalized spacial score (nSPS) is 19.1. The minimum absolute atomic E-state index is 0.0407. The second-order valence-electron chi connectivity index (χ2n) is 9.42. The maximum atomic E-state index is 13.7. The molecule has 2 aliphatic rings. The van der Waals surface area contributed by atoms with Gasteiger partial charge < -0.3 is 15.0 Å². The molecule has 1 amide bonds. The molecule has 0 aliphatic carbocycles. The number of aryl methyl sites for hydroxylation is 1. The first-order valence-corrected chi connectivity index (χ1v) is 11.9. The lowest BCUT2D eigenvalue weighted by Gasteiger charge is -2.44. The summed E-state index contributed by atoms with van der Waals surface area (Å²) >= 11 is 0. The second-order valence-corrected chi connectivity index (χ2v) is 9.42. The number of hydrogen-bond acceptors (Lipinski definition) is 5. The summed E-state index contributed by atoms with van der Waals surface area (Å²) in [5.74, 6) is -3.72. The van der Waals surface area contributed by atoms with Gasteiger partial charge in [-0.2, -0.15) is 14.0 Å². The van der Waals surface area contributed by atoms with Crippen LogP contribution in [0.15, 0.2) is 54.7 Å². The number of ether oxygens (including phenoxy) is 1. The predicted molar refractivity (Wildman–Crippen MR) is 133 cm³/mol. The van der Waals surface area contributed by atoms with Crippen LogP contribution in [0.3, 0.4) is 0 Å². The molecule has 1 fully saturated rings. The van der Waals surface area contributed by atoms with Crippen molar-refractivity contribution in [3.05, 3.63) is 77.1 Å². The zero-order valence-corrected chi connectivity index (χ0v) is 20.1. The summed E-state index contributed by atoms with van der Waals surface area (Å²) < 4.78 is 33.0. The van der Waals surface area contributed by atoms with Gasteiger partial charge in [0.05, 0.1) is 31.2 Å². The van der Waals surface area contributed by atoms with Crippen LogP contribution in [0.4, 0.5) is 20.2 Å². The molecule has 2 aromatic carbocycles. The summed E-state index contributed by atoms with van der Waals surface area (Å²) in [4.78, 5) is 18.8. The quantitative estimate of drug-likeness (QED) is 0.538. The van der Waals surface area contributed by atoms with Gasteiger partial charge in [-0.3, -0.25) is 9.78 Å². The van der Waals surface area contributed by atoms with Crippen molar-refractivity contribution >= 4 is 17.3 Å². The van der Waals surface area contributed by atoms with Gasteiger partial charge in [0.25, 0.3) is 11.8 Å². The van der Waals surface area contributed by atoms with E-state index in [0.29, 0.717) is 25.3 Å². The molecule has 6 nitrogen and oxygen atoms in total. The fraction of sp³-hybridized carbons (Fsp3) is 0.321. The zero-order chi connectivity index (χ0) is 25.4. The molecule has 3 aromatic rings. The van der Waals surface area contributed by atoms with Crippen molar-refractivity contribution in [3.63, 3.8) is 0 Å². The first kappa shape index (κ1) is 23.9. The minimum Gasteiger partial charge on any atom is -0.377 e. The van der Waals surface area contributed by atoms with Gasteiger partial charge in [0, 0.05) is 36.6 Å². The van der Waals surface area contributed by atoms with E-state index >= 15 is 0 Å². The topological polar surface area (TPSA) is 78.2 Å². The standard InChI is InChI=1S/C28H26F2N4O2/c1-17-3-6-22(33-27(35)20-7-8-32-26(13-20)28(2,29)30)14-23(17)18-4-5-19-11-21(15-31)25-16-36-10-9-34(25)24(19)12-18/h3-8,12-14,21,25H,9-11,16H2,1-2H3,(H,33,35)/t21-,25-/m0/s1. The highest BCUT2D eigenvalue weighted by molar-refractivity contribution is 6.04. The van der Waals surface area contributed by atoms with E-state index in [4.69, 9.17) is 4.74 Å². The van der Waals surface area contributed by atoms with Gasteiger partial charge in [0.15, 0.2) is 0 Å². The van der Waals surface area contributed by atoms with Crippen molar-refractivity contribution in [1.29, 1.82) is 5.26 Å². The molecule has 36 heavy (non-hydrogen) atoms. The molecule has 2 atom stereocenters. The SMILES string of the molecule is Cc1ccc(NC(=O)c2ccnc(C(C)(F)F)c2)cc1-c1ccc2c(c1)N1CCOC[C@H]1[C@H](C#N)C2. The molecule has 0 spiro atoms. The molecule has 0 radical (unpaired) electrons. The first-order valence-electron chi connectivity index (χ1n) is 11.9. The Kier molecular flexibility index (Phi) is 6.19. The largest absolute Gasteiger partial charge is 0.377 e. The number of fused-ring (bicyclic) bond motifs is 3. The lowest BCUT2D eigenvalue weighted by Crippen LogP contribution is -2.52. The molecule has 5 rings (SSSR count). The lowest BCUT2D eigenvalue weighted by molar-refractivity contribution is 0.0127. The van der Waals surface area contributed by atoms with E-state index in [1.54, 1.807) is 6.07 Å². The molecule has 1 aromatic heterocycles. The van der Waals surface area contributed by atoms with Crippen molar-refractivity contribution in [1.82, 2.24) is 4.98 Å². The summed E-state index contributed by atoms with van der Waals surface area (Å²) in [5, 5.41) is 12.5. The van der Waals surface area contributed by atoms with Crippen molar-refractivity contribution in [2.75, 3.05) is 30.0 Å². The van der Waals surface area contributed by atoms with Gasteiger partial charge >= 0.3 is 0 Å². The Hall–Kier alpha value is -3.83. The number of rotatable bonds is 4. The Morgan fingerprint density at radius 1 is 1.22 bits per heavy atom. The van der Waals surface area contributed by atoms with Crippen LogP contribution in [0.25, 0.3) is 11.1 Å². The van der Waals surface area contributed by atoms with Gasteiger partial charge in [-0.1, -0.05) is 18.2 Å². The third-order valence-corrected chi connectivity index (χ3v) is 6.91. The van der Waals surface area contributed by atoms with Crippen molar-refractivity contribution in [2.45, 2.75) is 32.2 Å². The Balaban J connectivity index is 1.44. The number of carbonyl (C=O) groups excluding carboxylic acids is 1. The molecule has 1 saturated heterocycles. The van der Waals surface area contributed by atoms with Gasteiger partial charge in [-0.25, -0.2) is 0 Å². The monoisotopic (exact) mass is 488 g/mol. The van der Waals surface area contributed by atoms with E-state index in [9.17, 15) is 18.8 Å². The fourth-order valence-electron chi connectivity index (χ4n) is 4.96. The summed E-state index contributed by atoms with van der Waals surface area (Å²) in [6.45, 7) is 4.66. The van der Waals surface area contributed by atoms with E-state index < -0.39 is 17.5 Å². The number of alkyl halides is 2. The maximum Gasteiger partial charge on any atom is 0.286 e. The van der Waals surface area contributed by atoms with Crippen molar-refractivity contribution in [3.8, 4) is 17.2 Å². The van der Waals surface area contributed by atoms with Crippen LogP contribution < -0.4 is 10.2 Å². The van der Waals surface area contributed by atoms with Crippen LogP contribution in [-0.2, 0) is 17.1 Å². The third-order valence-electron chi connectivity index (χ3n) is 6.91. The summed E-state index contributed by atoms with van der Waals surface area (Å²) in [6, 6.07) is 16.9. The number of nitriles is 1. The van der Waals surface area contributed by atoms with Gasteiger partial charge in [0.2, 0.25) is 0 Å². The number of hydrogen-bond donors (Lipinski definition) is 1. The number of amides is 1. The molecule has 2 aliphatic heterocycles. The Morgan fingerprint density at radius 2 is 2.06 bits per heavy atom. The lowest BCUT2D eigenvalue weighted by atomic mass is 9.85. The van der Waals surface area contributed by atoms with Gasteiger partial charge in [-0.15, -0.1) is 0 Å². The maximum absolute atomic E-state index is 13.7. The Bertz CT molecular complexity index is 1360. The second kappa shape index (κ2) is 9.32. The Labute approximate surface area is 208 Å². The highest BCUT2D eigenvalue weighted by atomic mass is 19.3. The summed E-state index contributed by atoms with van der Waals surface area (Å²) in [6.07, 6.45) is 1.90. The van der Waals surface area contributed by atoms with E-state index in [1.165, 1.54) is 12.3 Å². The molecule has 0 unspecified atom stereocenters. The number of aromatic nitrogens is 1. The Morgan fingerprint density at radius 3 is 2.83 bits per heavy atom. The van der Waals surface area contributed by atoms with Gasteiger partial charge in [-0.05, 0) is 65.9 Å². The average molecular weight is 489 g/mol. The number of carbonyl (C=O) groups is 1. The van der Waals surface area contributed by atoms with Crippen molar-refractivity contribution < 1.29 is 18.3 Å². The molecule has 184 valence electrons. The van der Waals surface area contributed by atoms with Crippen LogP contribution >= 0.6 is 0 Å². The molecule has 0 bridgehead atoms. The van der Waals surface area contributed by atoms with E-state index in [2.05, 4.69) is 33.4 Å². The average Bonchev–Trinajstić information content (AvgIpc) is 2.88. The number of pyridine rings is 1. The highest BCUT2D eigenvalue weighted by Crippen LogP contribution is 2.39. The van der Waals surface area contributed by atoms with Crippen LogP contribution in [0.1, 0.15) is 34.1 Å². The smallest absolute Gasteiger partial charge is 0.286 e. The summed E-state index contributed by atoms with van der Waals surface area (Å²) in [5.41, 5.74) is 5.48. The van der Waals surface area contributed by atoms with E-state index in [0.717, 1.165) is 47.5 Å². The molecular weight excluding hydrogens is 462 g/mol. The van der Waals surface area contributed by atoms with E-state index in [-0.39, 0.29) is 17.5 Å². The molecule has 1 N–H and O–H groups in total. The first-order chi connectivity index (χ1) is 17.2. The number of benzene rings is 2. The number of anilines is 2. The van der Waals surface area contributed by atoms with Crippen LogP contribution in [0, 0.1) is 24.2 Å². The van der Waals surface area contributed by atoms with Gasteiger partial charge in [0.1, 0.15) is 5.69 Å². The highest BCUT2D eigenvalue weighted by Gasteiger charge is 2.36. The zero-order valence-electron chi connectivity index (χ0n) is 20.1. The van der Waals surface area contributed by atoms with Crippen molar-refractivity contribution in [2.24, 2.45) is 5.92 Å². The minimum atomic E-state index is -3.13. The number of nitrogens with zero attached hydrogens (tertiary/aromatic N) is 3. The predicted octanol–water partition coefficient (Wildman–Crippen LogP) is 5.32. The van der Waals surface area contributed by atoms with E-state index in [1.807, 2.05) is 25.1 Å². The van der Waals surface area contributed by atoms with Crippen LogP contribution in [-0.4, -0.2) is 36.7 Å². The molecule has 0 saturated carbocycles. The molecule has 8 heteroatoms. The molecule has 3 heterocycles. The number of halogens is 2. The summed E-state index contributed by atoms with van der Waals surface area (Å²) in [7, 11) is 0. The third kappa shape index (κ3) is 4.54.